The molecule has 0 unspecified atom stereocenters. The maximum absolute atomic E-state index is 11.8. The Morgan fingerprint density at radius 3 is 3.00 bits per heavy atom. The lowest BCUT2D eigenvalue weighted by Crippen LogP contribution is -2.49. The number of halogens is 1. The number of hydrogen-bond donors (Lipinski definition) is 1. The molecular formula is C11H11BrN2O2S. The molecule has 2 amide bonds. The molecule has 90 valence electrons. The molecule has 1 fully saturated rings. The summed E-state index contributed by atoms with van der Waals surface area (Å²) in [6.45, 7) is 1.25. The Morgan fingerprint density at radius 2 is 2.35 bits per heavy atom. The summed E-state index contributed by atoms with van der Waals surface area (Å²) in [5.41, 5.74) is 0. The molecule has 1 saturated heterocycles. The smallest absolute Gasteiger partial charge is 0.247 e. The molecule has 2 rings (SSSR count). The molecule has 1 aliphatic heterocycles. The fraction of sp³-hybridized carbons (Fsp3) is 0.273. The normalized spacial score (nSPS) is 16.3. The maximum atomic E-state index is 11.8. The van der Waals surface area contributed by atoms with Gasteiger partial charge in [0.15, 0.2) is 0 Å². The van der Waals surface area contributed by atoms with E-state index in [1.807, 2.05) is 12.1 Å². The first-order valence-electron chi connectivity index (χ1n) is 5.14. The number of nitrogens with one attached hydrogen (secondary N) is 1. The van der Waals surface area contributed by atoms with E-state index in [0.717, 1.165) is 8.66 Å². The molecule has 0 radical (unpaired) electrons. The lowest BCUT2D eigenvalue weighted by atomic mass is 10.3. The zero-order chi connectivity index (χ0) is 12.3. The quantitative estimate of drug-likeness (QED) is 0.841. The summed E-state index contributed by atoms with van der Waals surface area (Å²) in [4.78, 5) is 25.4. The second kappa shape index (κ2) is 5.46. The van der Waals surface area contributed by atoms with E-state index in [2.05, 4.69) is 21.2 Å². The largest absolute Gasteiger partial charge is 0.353 e. The van der Waals surface area contributed by atoms with Gasteiger partial charge in [-0.15, -0.1) is 11.3 Å². The van der Waals surface area contributed by atoms with Crippen LogP contribution in [0.4, 0.5) is 0 Å². The molecule has 1 aliphatic rings. The topological polar surface area (TPSA) is 49.4 Å². The Hall–Kier alpha value is -1.14. The summed E-state index contributed by atoms with van der Waals surface area (Å²) in [6, 6.07) is 3.87. The number of carbonyl (C=O) groups is 2. The number of hydrogen-bond acceptors (Lipinski definition) is 3. The van der Waals surface area contributed by atoms with Crippen LogP contribution in [0.3, 0.4) is 0 Å². The van der Waals surface area contributed by atoms with Gasteiger partial charge in [0.05, 0.1) is 10.3 Å². The van der Waals surface area contributed by atoms with Crippen LogP contribution >= 0.6 is 27.3 Å². The van der Waals surface area contributed by atoms with Crippen LogP contribution in [0.2, 0.25) is 0 Å². The van der Waals surface area contributed by atoms with Gasteiger partial charge in [0.25, 0.3) is 0 Å². The van der Waals surface area contributed by atoms with Crippen LogP contribution in [0.25, 0.3) is 6.08 Å². The molecule has 1 N–H and O–H groups in total. The van der Waals surface area contributed by atoms with Gasteiger partial charge in [0, 0.05) is 24.0 Å². The molecule has 0 spiro atoms. The Morgan fingerprint density at radius 1 is 1.53 bits per heavy atom. The van der Waals surface area contributed by atoms with E-state index < -0.39 is 0 Å². The van der Waals surface area contributed by atoms with Crippen LogP contribution in [0.1, 0.15) is 4.88 Å². The fourth-order valence-corrected chi connectivity index (χ4v) is 2.83. The van der Waals surface area contributed by atoms with Gasteiger partial charge in [-0.1, -0.05) is 0 Å². The summed E-state index contributed by atoms with van der Waals surface area (Å²) in [7, 11) is 0. The van der Waals surface area contributed by atoms with Crippen LogP contribution in [0.5, 0.6) is 0 Å². The molecule has 6 heteroatoms. The lowest BCUT2D eigenvalue weighted by Gasteiger charge is -2.25. The number of thiophene rings is 1. The van der Waals surface area contributed by atoms with E-state index in [9.17, 15) is 9.59 Å². The van der Waals surface area contributed by atoms with Crippen molar-refractivity contribution in [3.63, 3.8) is 0 Å². The molecule has 0 saturated carbocycles. The van der Waals surface area contributed by atoms with Crippen molar-refractivity contribution in [2.45, 2.75) is 0 Å². The highest BCUT2D eigenvalue weighted by Gasteiger charge is 2.18. The lowest BCUT2D eigenvalue weighted by molar-refractivity contribution is -0.134. The summed E-state index contributed by atoms with van der Waals surface area (Å²) < 4.78 is 1.03. The van der Waals surface area contributed by atoms with Crippen molar-refractivity contribution in [2.75, 3.05) is 19.6 Å². The molecule has 2 heterocycles. The zero-order valence-electron chi connectivity index (χ0n) is 8.98. The second-order valence-corrected chi connectivity index (χ2v) is 6.08. The van der Waals surface area contributed by atoms with Gasteiger partial charge in [0.1, 0.15) is 0 Å². The Balaban J connectivity index is 1.96. The number of amides is 2. The minimum absolute atomic E-state index is 0.100. The van der Waals surface area contributed by atoms with Gasteiger partial charge in [0.2, 0.25) is 11.8 Å². The van der Waals surface area contributed by atoms with Crippen molar-refractivity contribution in [3.05, 3.63) is 26.9 Å². The first kappa shape index (κ1) is 12.3. The average molecular weight is 315 g/mol. The van der Waals surface area contributed by atoms with Crippen molar-refractivity contribution in [3.8, 4) is 0 Å². The standard InChI is InChI=1S/C11H11BrN2O2S/c12-9-3-1-8(17-9)2-4-11(16)14-6-5-13-10(15)7-14/h1-4H,5-7H2,(H,13,15). The zero-order valence-corrected chi connectivity index (χ0v) is 11.4. The molecular weight excluding hydrogens is 304 g/mol. The molecule has 0 aromatic carbocycles. The summed E-state index contributed by atoms with van der Waals surface area (Å²) in [5.74, 6) is -0.221. The third-order valence-electron chi connectivity index (χ3n) is 2.33. The van der Waals surface area contributed by atoms with E-state index in [4.69, 9.17) is 0 Å². The SMILES string of the molecule is O=C1CN(C(=O)C=Cc2ccc(Br)s2)CCN1. The van der Waals surface area contributed by atoms with Crippen molar-refractivity contribution in [1.82, 2.24) is 10.2 Å². The number of rotatable bonds is 2. The van der Waals surface area contributed by atoms with Crippen molar-refractivity contribution >= 4 is 45.2 Å². The highest BCUT2D eigenvalue weighted by Crippen LogP contribution is 2.23. The predicted octanol–water partition coefficient (Wildman–Crippen LogP) is 1.48. The molecule has 0 aliphatic carbocycles. The van der Waals surface area contributed by atoms with Crippen LogP contribution in [-0.2, 0) is 9.59 Å². The van der Waals surface area contributed by atoms with Crippen LogP contribution in [0, 0.1) is 0 Å². The minimum Gasteiger partial charge on any atom is -0.353 e. The van der Waals surface area contributed by atoms with Crippen molar-refractivity contribution in [2.24, 2.45) is 0 Å². The Kier molecular flexibility index (Phi) is 3.96. The van der Waals surface area contributed by atoms with Crippen LogP contribution < -0.4 is 5.32 Å². The van der Waals surface area contributed by atoms with Crippen LogP contribution in [0.15, 0.2) is 22.0 Å². The fourth-order valence-electron chi connectivity index (χ4n) is 1.50. The van der Waals surface area contributed by atoms with E-state index in [1.54, 1.807) is 17.4 Å². The first-order chi connectivity index (χ1) is 8.15. The first-order valence-corrected chi connectivity index (χ1v) is 6.75. The number of nitrogens with zero attached hydrogens (tertiary/aromatic N) is 1. The third-order valence-corrected chi connectivity index (χ3v) is 3.92. The number of carbonyl (C=O) groups excluding carboxylic acids is 2. The molecule has 1 aromatic rings. The molecule has 17 heavy (non-hydrogen) atoms. The number of piperazine rings is 1. The minimum atomic E-state index is -0.121. The Bertz CT molecular complexity index is 470. The molecule has 4 nitrogen and oxygen atoms in total. The van der Waals surface area contributed by atoms with E-state index in [0.29, 0.717) is 13.1 Å². The second-order valence-electron chi connectivity index (χ2n) is 3.58. The monoisotopic (exact) mass is 314 g/mol. The third kappa shape index (κ3) is 3.41. The highest BCUT2D eigenvalue weighted by atomic mass is 79.9. The van der Waals surface area contributed by atoms with Gasteiger partial charge in [-0.2, -0.15) is 0 Å². The van der Waals surface area contributed by atoms with Gasteiger partial charge in [-0.05, 0) is 34.1 Å². The maximum Gasteiger partial charge on any atom is 0.247 e. The van der Waals surface area contributed by atoms with Gasteiger partial charge in [-0.25, -0.2) is 0 Å². The molecule has 0 bridgehead atoms. The van der Waals surface area contributed by atoms with Crippen LogP contribution in [-0.4, -0.2) is 36.3 Å². The molecule has 0 atom stereocenters. The van der Waals surface area contributed by atoms with E-state index in [-0.39, 0.29) is 18.4 Å². The summed E-state index contributed by atoms with van der Waals surface area (Å²) in [6.07, 6.45) is 3.28. The summed E-state index contributed by atoms with van der Waals surface area (Å²) >= 11 is 4.92. The van der Waals surface area contributed by atoms with Gasteiger partial charge >= 0.3 is 0 Å². The molecule has 1 aromatic heterocycles. The highest BCUT2D eigenvalue weighted by molar-refractivity contribution is 9.11. The van der Waals surface area contributed by atoms with Crippen molar-refractivity contribution < 1.29 is 9.59 Å². The van der Waals surface area contributed by atoms with Gasteiger partial charge < -0.3 is 10.2 Å². The summed E-state index contributed by atoms with van der Waals surface area (Å²) in [5, 5.41) is 2.68. The van der Waals surface area contributed by atoms with E-state index >= 15 is 0 Å². The van der Waals surface area contributed by atoms with E-state index in [1.165, 1.54) is 11.0 Å². The predicted molar refractivity (Wildman–Crippen MR) is 70.6 cm³/mol. The van der Waals surface area contributed by atoms with Gasteiger partial charge in [-0.3, -0.25) is 9.59 Å². The average Bonchev–Trinajstić information content (AvgIpc) is 2.72. The Labute approximate surface area is 111 Å². The van der Waals surface area contributed by atoms with Crippen molar-refractivity contribution in [1.29, 1.82) is 0 Å².